The molecule has 1 saturated heterocycles. The third-order valence-corrected chi connectivity index (χ3v) is 18.6. The van der Waals surface area contributed by atoms with E-state index in [1.165, 1.54) is 283 Å². The van der Waals surface area contributed by atoms with Gasteiger partial charge in [0.15, 0.2) is 6.29 Å². The SMILES string of the molecule is CCCCCCCCCCCCCCCCC/C=C\C/C=C\CCCCCCCCCCCCCCCCCCC(O)C(=O)NC(COC1OC(CO)C(O)C(O)C1O)C(O)C(O)CCC/C=C/CC/C=C/CCCCCCCCCCCCCCCCC. The highest BCUT2D eigenvalue weighted by Crippen LogP contribution is 2.24. The van der Waals surface area contributed by atoms with Crippen molar-refractivity contribution < 1.29 is 50.0 Å². The molecule has 9 atom stereocenters. The zero-order valence-electron chi connectivity index (χ0n) is 58.2. The Balaban J connectivity index is 2.15. The fourth-order valence-electron chi connectivity index (χ4n) is 12.4. The van der Waals surface area contributed by atoms with Crippen LogP contribution in [0.25, 0.3) is 0 Å². The molecule has 0 aromatic carbocycles. The van der Waals surface area contributed by atoms with Crippen molar-refractivity contribution in [1.29, 1.82) is 0 Å². The molecule has 11 heteroatoms. The number of rotatable bonds is 68. The highest BCUT2D eigenvalue weighted by Gasteiger charge is 2.44. The van der Waals surface area contributed by atoms with Gasteiger partial charge in [-0.05, 0) is 83.5 Å². The van der Waals surface area contributed by atoms with E-state index in [4.69, 9.17) is 9.47 Å². The van der Waals surface area contributed by atoms with Crippen molar-refractivity contribution in [3.63, 3.8) is 0 Å². The number of hydrogen-bond donors (Lipinski definition) is 8. The van der Waals surface area contributed by atoms with Gasteiger partial charge in [0.1, 0.15) is 36.6 Å². The Kier molecular flexibility index (Phi) is 63.2. The lowest BCUT2D eigenvalue weighted by Crippen LogP contribution is -2.60. The summed E-state index contributed by atoms with van der Waals surface area (Å²) in [6, 6.07) is -1.19. The maximum atomic E-state index is 13.3. The zero-order chi connectivity index (χ0) is 64.6. The maximum absolute atomic E-state index is 13.3. The van der Waals surface area contributed by atoms with Crippen molar-refractivity contribution in [1.82, 2.24) is 5.32 Å². The van der Waals surface area contributed by atoms with Crippen molar-refractivity contribution >= 4 is 5.91 Å². The molecule has 0 aliphatic carbocycles. The van der Waals surface area contributed by atoms with Gasteiger partial charge in [-0.15, -0.1) is 0 Å². The van der Waals surface area contributed by atoms with Crippen LogP contribution in [-0.2, 0) is 14.3 Å². The fraction of sp³-hybridized carbons (Fsp3) is 0.885. The number of amides is 1. The summed E-state index contributed by atoms with van der Waals surface area (Å²) in [5.41, 5.74) is 0. The van der Waals surface area contributed by atoms with E-state index in [-0.39, 0.29) is 12.8 Å². The molecular formula is C78H147NO10. The number of carbonyl (C=O) groups excluding carboxylic acids is 1. The van der Waals surface area contributed by atoms with Crippen molar-refractivity contribution in [3.8, 4) is 0 Å². The molecule has 1 rings (SSSR count). The Hall–Kier alpha value is -1.93. The Morgan fingerprint density at radius 2 is 0.708 bits per heavy atom. The molecule has 0 saturated carbocycles. The van der Waals surface area contributed by atoms with Gasteiger partial charge in [-0.25, -0.2) is 0 Å². The third kappa shape index (κ3) is 53.1. The minimum absolute atomic E-state index is 0.247. The predicted molar refractivity (Wildman–Crippen MR) is 376 cm³/mol. The monoisotopic (exact) mass is 1260 g/mol. The molecule has 8 N–H and O–H groups in total. The van der Waals surface area contributed by atoms with Crippen LogP contribution in [0.4, 0.5) is 0 Å². The number of aliphatic hydroxyl groups is 7. The van der Waals surface area contributed by atoms with Crippen molar-refractivity contribution in [3.05, 3.63) is 48.6 Å². The highest BCUT2D eigenvalue weighted by atomic mass is 16.7. The van der Waals surface area contributed by atoms with Crippen LogP contribution in [0.3, 0.4) is 0 Å². The Morgan fingerprint density at radius 1 is 0.393 bits per heavy atom. The van der Waals surface area contributed by atoms with Crippen LogP contribution in [0.15, 0.2) is 48.6 Å². The first kappa shape index (κ1) is 85.1. The molecule has 11 nitrogen and oxygen atoms in total. The second-order valence-electron chi connectivity index (χ2n) is 27.1. The maximum Gasteiger partial charge on any atom is 0.249 e. The Bertz CT molecular complexity index is 1590. The molecule has 0 aromatic heterocycles. The summed E-state index contributed by atoms with van der Waals surface area (Å²) in [6.45, 7) is 3.49. The lowest BCUT2D eigenvalue weighted by Gasteiger charge is -2.40. The second kappa shape index (κ2) is 66.1. The Morgan fingerprint density at radius 3 is 1.07 bits per heavy atom. The van der Waals surface area contributed by atoms with Gasteiger partial charge in [0.2, 0.25) is 5.91 Å². The van der Waals surface area contributed by atoms with Crippen LogP contribution in [0.1, 0.15) is 373 Å². The number of hydrogen-bond acceptors (Lipinski definition) is 10. The summed E-state index contributed by atoms with van der Waals surface area (Å²) >= 11 is 0. The van der Waals surface area contributed by atoms with E-state index >= 15 is 0 Å². The second-order valence-corrected chi connectivity index (χ2v) is 27.1. The quantitative estimate of drug-likeness (QED) is 0.0215. The van der Waals surface area contributed by atoms with Gasteiger partial charge in [-0.3, -0.25) is 4.79 Å². The largest absolute Gasteiger partial charge is 0.394 e. The van der Waals surface area contributed by atoms with Gasteiger partial charge in [0.25, 0.3) is 0 Å². The van der Waals surface area contributed by atoms with Gasteiger partial charge in [0, 0.05) is 0 Å². The molecule has 0 aromatic rings. The average molecular weight is 1260 g/mol. The van der Waals surface area contributed by atoms with E-state index in [0.717, 1.165) is 44.9 Å². The summed E-state index contributed by atoms with van der Waals surface area (Å²) < 4.78 is 11.2. The lowest BCUT2D eigenvalue weighted by atomic mass is 9.98. The summed E-state index contributed by atoms with van der Waals surface area (Å²) in [5.74, 6) is -0.706. The third-order valence-electron chi connectivity index (χ3n) is 18.6. The van der Waals surface area contributed by atoms with E-state index in [9.17, 15) is 40.5 Å². The molecule has 1 aliphatic rings. The number of carbonyl (C=O) groups is 1. The molecule has 1 fully saturated rings. The van der Waals surface area contributed by atoms with E-state index in [1.807, 2.05) is 0 Å². The van der Waals surface area contributed by atoms with Gasteiger partial charge in [-0.1, -0.05) is 339 Å². The van der Waals surface area contributed by atoms with Crippen molar-refractivity contribution in [2.24, 2.45) is 0 Å². The van der Waals surface area contributed by atoms with Gasteiger partial charge < -0.3 is 50.5 Å². The summed E-state index contributed by atoms with van der Waals surface area (Å²) in [5, 5.41) is 76.6. The number of allylic oxidation sites excluding steroid dienone is 8. The first-order valence-electron chi connectivity index (χ1n) is 38.5. The molecule has 0 bridgehead atoms. The first-order valence-corrected chi connectivity index (χ1v) is 38.5. The Labute approximate surface area is 549 Å². The summed E-state index contributed by atoms with van der Waals surface area (Å²) in [6.07, 6.45) is 76.6. The van der Waals surface area contributed by atoms with Crippen molar-refractivity contribution in [2.75, 3.05) is 13.2 Å². The van der Waals surface area contributed by atoms with Crippen LogP contribution in [0, 0.1) is 0 Å². The smallest absolute Gasteiger partial charge is 0.249 e. The van der Waals surface area contributed by atoms with Crippen LogP contribution >= 0.6 is 0 Å². The summed E-state index contributed by atoms with van der Waals surface area (Å²) in [7, 11) is 0. The van der Waals surface area contributed by atoms with Crippen molar-refractivity contribution in [2.45, 2.75) is 428 Å². The molecule has 0 radical (unpaired) electrons. The number of unbranched alkanes of at least 4 members (excludes halogenated alkanes) is 48. The lowest BCUT2D eigenvalue weighted by molar-refractivity contribution is -0.303. The van der Waals surface area contributed by atoms with Gasteiger partial charge in [0.05, 0.1) is 25.4 Å². The normalized spacial score (nSPS) is 18.8. The average Bonchev–Trinajstić information content (AvgIpc) is 3.68. The van der Waals surface area contributed by atoms with Crippen LogP contribution in [0.2, 0.25) is 0 Å². The van der Waals surface area contributed by atoms with Crippen LogP contribution < -0.4 is 5.32 Å². The molecule has 0 spiro atoms. The number of aliphatic hydroxyl groups excluding tert-OH is 7. The van der Waals surface area contributed by atoms with E-state index in [1.54, 1.807) is 0 Å². The molecule has 1 aliphatic heterocycles. The topological polar surface area (TPSA) is 189 Å². The minimum atomic E-state index is -1.67. The molecule has 89 heavy (non-hydrogen) atoms. The number of ether oxygens (including phenoxy) is 2. The van der Waals surface area contributed by atoms with Gasteiger partial charge in [-0.2, -0.15) is 0 Å². The van der Waals surface area contributed by atoms with E-state index in [2.05, 4.69) is 67.8 Å². The number of nitrogens with one attached hydrogen (secondary N) is 1. The van der Waals surface area contributed by atoms with E-state index in [0.29, 0.717) is 19.3 Å². The van der Waals surface area contributed by atoms with Crippen LogP contribution in [-0.4, -0.2) is 110 Å². The zero-order valence-corrected chi connectivity index (χ0v) is 58.2. The van der Waals surface area contributed by atoms with Crippen LogP contribution in [0.5, 0.6) is 0 Å². The fourth-order valence-corrected chi connectivity index (χ4v) is 12.4. The minimum Gasteiger partial charge on any atom is -0.394 e. The first-order chi connectivity index (χ1) is 43.7. The van der Waals surface area contributed by atoms with Gasteiger partial charge >= 0.3 is 0 Å². The molecule has 1 heterocycles. The van der Waals surface area contributed by atoms with E-state index < -0.39 is 74.2 Å². The molecular weight excluding hydrogens is 1110 g/mol. The molecule has 1 amide bonds. The molecule has 524 valence electrons. The molecule has 9 unspecified atom stereocenters. The standard InChI is InChI=1S/C78H147NO10/c1-3-5-7-9-11-13-15-17-19-21-23-25-27-29-30-31-32-33-34-35-36-37-38-39-40-41-42-44-46-48-50-52-54-56-58-60-62-64-66-71(82)77(87)79-69(68-88-78-76(86)75(85)74(84)72(67-80)89-78)73(83)70(81)65-63-61-59-57-55-53-51-49-47-45-43-28-26-24-22-20-18-16-14-12-10-8-6-4-2/h32-33,35-36,49,51,57,59,69-76,78,80-86H,3-31,34,37-48,50,52-56,58,60-68H2,1-2H3,(H,79,87)/b33-32-,36-35-,51-49+,59-57+. The highest BCUT2D eigenvalue weighted by molar-refractivity contribution is 5.80. The predicted octanol–water partition coefficient (Wildman–Crippen LogP) is 19.5. The summed E-state index contributed by atoms with van der Waals surface area (Å²) in [4.78, 5) is 13.3.